The molecule has 3 heterocycles. The molecule has 3 aromatic heterocycles. The number of aromatic nitrogens is 5. The maximum Gasteiger partial charge on any atom is 0.330 e. The molecule has 0 aliphatic heterocycles. The first-order valence-corrected chi connectivity index (χ1v) is 10.2. The molecule has 0 atom stereocenters. The number of nitrogen functional groups attached to an aromatic ring is 1. The smallest absolute Gasteiger partial charge is 0.330 e. The van der Waals surface area contributed by atoms with Gasteiger partial charge in [-0.2, -0.15) is 5.10 Å². The third-order valence-corrected chi connectivity index (χ3v) is 4.96. The van der Waals surface area contributed by atoms with E-state index in [1.165, 1.54) is 4.57 Å². The molecule has 9 nitrogen and oxygen atoms in total. The number of hydrogen-bond donors (Lipinski definition) is 2. The second kappa shape index (κ2) is 8.33. The van der Waals surface area contributed by atoms with Crippen molar-refractivity contribution in [1.82, 2.24) is 24.3 Å². The molecule has 3 rings (SSSR count). The van der Waals surface area contributed by atoms with Gasteiger partial charge in [0.15, 0.2) is 5.65 Å². The predicted octanol–water partition coefficient (Wildman–Crippen LogP) is 2.03. The zero-order chi connectivity index (χ0) is 22.2. The Hall–Kier alpha value is -3.10. The number of nitrogens with zero attached hydrogens (tertiary/aromatic N) is 5. The van der Waals surface area contributed by atoms with Gasteiger partial charge in [0.25, 0.3) is 5.56 Å². The highest BCUT2D eigenvalue weighted by molar-refractivity contribution is 5.78. The van der Waals surface area contributed by atoms with Crippen LogP contribution in [0.2, 0.25) is 0 Å². The number of nitrogens with one attached hydrogen (secondary N) is 1. The van der Waals surface area contributed by atoms with Crippen LogP contribution < -0.4 is 21.9 Å². The van der Waals surface area contributed by atoms with E-state index in [4.69, 9.17) is 5.73 Å². The van der Waals surface area contributed by atoms with E-state index in [1.807, 2.05) is 38.8 Å². The van der Waals surface area contributed by atoms with Gasteiger partial charge in [-0.1, -0.05) is 27.7 Å². The molecule has 0 aliphatic carbocycles. The van der Waals surface area contributed by atoms with E-state index in [9.17, 15) is 9.59 Å². The molecule has 0 saturated carbocycles. The van der Waals surface area contributed by atoms with Crippen molar-refractivity contribution in [3.63, 3.8) is 0 Å². The van der Waals surface area contributed by atoms with E-state index in [1.54, 1.807) is 10.9 Å². The second-order valence-electron chi connectivity index (χ2n) is 8.70. The van der Waals surface area contributed by atoms with Crippen molar-refractivity contribution >= 4 is 22.5 Å². The van der Waals surface area contributed by atoms with E-state index in [0.29, 0.717) is 25.3 Å². The van der Waals surface area contributed by atoms with Crippen LogP contribution in [-0.4, -0.2) is 30.9 Å². The van der Waals surface area contributed by atoms with Crippen LogP contribution in [0.4, 0.5) is 11.5 Å². The molecule has 0 amide bonds. The normalized spacial score (nSPS) is 11.7. The summed E-state index contributed by atoms with van der Waals surface area (Å²) in [5, 5.41) is 5.40. The molecule has 0 bridgehead atoms. The zero-order valence-electron chi connectivity index (χ0n) is 18.6. The lowest BCUT2D eigenvalue weighted by Gasteiger charge is -2.28. The van der Waals surface area contributed by atoms with Crippen molar-refractivity contribution in [2.75, 3.05) is 17.2 Å². The highest BCUT2D eigenvalue weighted by Crippen LogP contribution is 2.23. The van der Waals surface area contributed by atoms with Crippen molar-refractivity contribution < 1.29 is 0 Å². The first-order valence-electron chi connectivity index (χ1n) is 10.2. The van der Waals surface area contributed by atoms with Crippen LogP contribution in [0.1, 0.15) is 39.0 Å². The SMILES string of the molecule is Cc1nn(C)c2ncc(CN(CC(C)C)c3c(N)n(CC(C)C)c(=O)[nH]c3=O)cc12. The topological polar surface area (TPSA) is 115 Å². The highest BCUT2D eigenvalue weighted by atomic mass is 16.2. The summed E-state index contributed by atoms with van der Waals surface area (Å²) in [6.45, 7) is 11.6. The van der Waals surface area contributed by atoms with Crippen LogP contribution in [0.25, 0.3) is 11.0 Å². The Labute approximate surface area is 175 Å². The fourth-order valence-corrected chi connectivity index (χ4v) is 3.76. The molecular formula is C21H31N7O2. The molecule has 0 aromatic carbocycles. The molecule has 3 N–H and O–H groups in total. The van der Waals surface area contributed by atoms with Crippen molar-refractivity contribution in [2.24, 2.45) is 18.9 Å². The summed E-state index contributed by atoms with van der Waals surface area (Å²) >= 11 is 0. The number of fused-ring (bicyclic) bond motifs is 1. The Bertz CT molecular complexity index is 1170. The zero-order valence-corrected chi connectivity index (χ0v) is 18.6. The minimum atomic E-state index is -0.478. The van der Waals surface area contributed by atoms with Gasteiger partial charge in [-0.3, -0.25) is 19.0 Å². The fourth-order valence-electron chi connectivity index (χ4n) is 3.76. The summed E-state index contributed by atoms with van der Waals surface area (Å²) in [4.78, 5) is 34.0. The van der Waals surface area contributed by atoms with Crippen molar-refractivity contribution in [3.05, 3.63) is 44.4 Å². The summed E-state index contributed by atoms with van der Waals surface area (Å²) in [7, 11) is 1.87. The van der Waals surface area contributed by atoms with Gasteiger partial charge in [-0.25, -0.2) is 9.78 Å². The van der Waals surface area contributed by atoms with Gasteiger partial charge in [-0.05, 0) is 30.4 Å². The summed E-state index contributed by atoms with van der Waals surface area (Å²) < 4.78 is 3.20. The van der Waals surface area contributed by atoms with Crippen LogP contribution >= 0.6 is 0 Å². The van der Waals surface area contributed by atoms with Crippen LogP contribution in [0, 0.1) is 18.8 Å². The van der Waals surface area contributed by atoms with Crippen molar-refractivity contribution in [2.45, 2.75) is 47.7 Å². The first kappa shape index (κ1) is 21.6. The van der Waals surface area contributed by atoms with Gasteiger partial charge in [0, 0.05) is 38.3 Å². The lowest BCUT2D eigenvalue weighted by molar-refractivity contribution is 0.505. The van der Waals surface area contributed by atoms with Gasteiger partial charge in [0.05, 0.1) is 5.69 Å². The third-order valence-electron chi connectivity index (χ3n) is 4.96. The molecule has 162 valence electrons. The number of anilines is 2. The number of nitrogens with two attached hydrogens (primary N) is 1. The number of pyridine rings is 1. The van der Waals surface area contributed by atoms with Crippen molar-refractivity contribution in [1.29, 1.82) is 0 Å². The average molecular weight is 414 g/mol. The monoisotopic (exact) mass is 413 g/mol. The molecule has 9 heteroatoms. The second-order valence-corrected chi connectivity index (χ2v) is 8.70. The Kier molecular flexibility index (Phi) is 6.00. The molecule has 0 fully saturated rings. The Morgan fingerprint density at radius 2 is 1.90 bits per heavy atom. The number of rotatable bonds is 7. The van der Waals surface area contributed by atoms with Crippen LogP contribution in [0.3, 0.4) is 0 Å². The van der Waals surface area contributed by atoms with Gasteiger partial charge in [-0.15, -0.1) is 0 Å². The summed E-state index contributed by atoms with van der Waals surface area (Å²) in [5.41, 5.74) is 8.40. The third kappa shape index (κ3) is 4.24. The quantitative estimate of drug-likeness (QED) is 0.612. The fraction of sp³-hybridized carbons (Fsp3) is 0.524. The molecular weight excluding hydrogens is 382 g/mol. The summed E-state index contributed by atoms with van der Waals surface area (Å²) in [5.74, 6) is 0.693. The molecule has 0 unspecified atom stereocenters. The summed E-state index contributed by atoms with van der Waals surface area (Å²) in [6, 6.07) is 2.05. The van der Waals surface area contributed by atoms with E-state index < -0.39 is 11.2 Å². The minimum absolute atomic E-state index is 0.199. The lowest BCUT2D eigenvalue weighted by atomic mass is 10.1. The van der Waals surface area contributed by atoms with E-state index in [-0.39, 0.29) is 17.7 Å². The molecule has 0 aliphatic rings. The van der Waals surface area contributed by atoms with Gasteiger partial charge >= 0.3 is 5.69 Å². The minimum Gasteiger partial charge on any atom is -0.383 e. The maximum absolute atomic E-state index is 12.8. The van der Waals surface area contributed by atoms with Crippen LogP contribution in [0.5, 0.6) is 0 Å². The highest BCUT2D eigenvalue weighted by Gasteiger charge is 2.21. The Morgan fingerprint density at radius 3 is 2.53 bits per heavy atom. The van der Waals surface area contributed by atoms with Crippen LogP contribution in [0.15, 0.2) is 21.9 Å². The van der Waals surface area contributed by atoms with Crippen molar-refractivity contribution in [3.8, 4) is 0 Å². The number of aryl methyl sites for hydroxylation is 2. The van der Waals surface area contributed by atoms with Crippen LogP contribution in [-0.2, 0) is 20.1 Å². The molecule has 0 radical (unpaired) electrons. The molecule has 30 heavy (non-hydrogen) atoms. The first-order chi connectivity index (χ1) is 14.1. The Balaban J connectivity index is 2.08. The van der Waals surface area contributed by atoms with E-state index >= 15 is 0 Å². The summed E-state index contributed by atoms with van der Waals surface area (Å²) in [6.07, 6.45) is 1.80. The molecule has 0 spiro atoms. The lowest BCUT2D eigenvalue weighted by Crippen LogP contribution is -2.40. The van der Waals surface area contributed by atoms with Gasteiger partial charge in [0.2, 0.25) is 0 Å². The van der Waals surface area contributed by atoms with E-state index in [2.05, 4.69) is 28.9 Å². The molecule has 0 saturated heterocycles. The van der Waals surface area contributed by atoms with E-state index in [0.717, 1.165) is 22.3 Å². The number of H-pyrrole nitrogens is 1. The standard InChI is InChI=1S/C21H31N7O2/c1-12(2)9-27(11-15-7-16-14(5)25-26(6)19(16)23-8-15)17-18(22)28(10-13(3)4)21(30)24-20(17)29/h7-8,12-13H,9-11,22H2,1-6H3,(H,24,29,30). The number of hydrogen-bond acceptors (Lipinski definition) is 6. The largest absolute Gasteiger partial charge is 0.383 e. The van der Waals surface area contributed by atoms with Gasteiger partial charge in [0.1, 0.15) is 11.5 Å². The van der Waals surface area contributed by atoms with Gasteiger partial charge < -0.3 is 10.6 Å². The predicted molar refractivity (Wildman–Crippen MR) is 120 cm³/mol. The Morgan fingerprint density at radius 1 is 1.20 bits per heavy atom. The number of aromatic amines is 1. The maximum atomic E-state index is 12.8. The average Bonchev–Trinajstić information content (AvgIpc) is 2.91. The molecule has 3 aromatic rings.